The Bertz CT molecular complexity index is 957. The lowest BCUT2D eigenvalue weighted by Gasteiger charge is -2.28. The summed E-state index contributed by atoms with van der Waals surface area (Å²) in [7, 11) is 1.58. The summed E-state index contributed by atoms with van der Waals surface area (Å²) < 4.78 is 10.7. The van der Waals surface area contributed by atoms with Gasteiger partial charge in [0.25, 0.3) is 5.91 Å². The molecule has 7 heteroatoms. The quantitative estimate of drug-likeness (QED) is 0.580. The van der Waals surface area contributed by atoms with Crippen molar-refractivity contribution in [1.29, 1.82) is 0 Å². The Kier molecular flexibility index (Phi) is 7.17. The number of aryl methyl sites for hydroxylation is 1. The first-order valence-corrected chi connectivity index (χ1v) is 10.6. The SMILES string of the molecule is CCN(CC)CCCN1C(=O)C(O)=C(C(=O)c2ccc(C)o2)[C@@H]1c1ccc(OC)cc1. The van der Waals surface area contributed by atoms with E-state index in [0.717, 1.165) is 31.6 Å². The van der Waals surface area contributed by atoms with Gasteiger partial charge >= 0.3 is 0 Å². The molecule has 0 saturated carbocycles. The van der Waals surface area contributed by atoms with E-state index in [4.69, 9.17) is 9.15 Å². The van der Waals surface area contributed by atoms with Gasteiger partial charge in [0.2, 0.25) is 5.78 Å². The molecule has 31 heavy (non-hydrogen) atoms. The number of hydrogen-bond donors (Lipinski definition) is 1. The summed E-state index contributed by atoms with van der Waals surface area (Å²) in [5.74, 6) is -0.162. The van der Waals surface area contributed by atoms with Gasteiger partial charge in [-0.2, -0.15) is 0 Å². The van der Waals surface area contributed by atoms with Gasteiger partial charge in [0.1, 0.15) is 11.5 Å². The Labute approximate surface area is 182 Å². The molecule has 0 aliphatic carbocycles. The van der Waals surface area contributed by atoms with Crippen LogP contribution in [0.25, 0.3) is 0 Å². The van der Waals surface area contributed by atoms with Gasteiger partial charge in [-0.3, -0.25) is 9.59 Å². The van der Waals surface area contributed by atoms with Crippen LogP contribution in [0, 0.1) is 6.92 Å². The molecular formula is C24H30N2O5. The minimum atomic E-state index is -0.687. The number of nitrogens with zero attached hydrogens (tertiary/aromatic N) is 2. The van der Waals surface area contributed by atoms with E-state index in [1.54, 1.807) is 43.2 Å². The lowest BCUT2D eigenvalue weighted by molar-refractivity contribution is -0.129. The van der Waals surface area contributed by atoms with Gasteiger partial charge in [-0.1, -0.05) is 26.0 Å². The molecule has 1 aromatic heterocycles. The van der Waals surface area contributed by atoms with Crippen molar-refractivity contribution in [3.05, 3.63) is 64.8 Å². The average Bonchev–Trinajstić information content (AvgIpc) is 3.33. The van der Waals surface area contributed by atoms with E-state index in [9.17, 15) is 14.7 Å². The van der Waals surface area contributed by atoms with Crippen molar-refractivity contribution in [2.75, 3.05) is 33.3 Å². The predicted molar refractivity (Wildman–Crippen MR) is 117 cm³/mol. The van der Waals surface area contributed by atoms with Crippen LogP contribution in [0.3, 0.4) is 0 Å². The topological polar surface area (TPSA) is 83.2 Å². The summed E-state index contributed by atoms with van der Waals surface area (Å²) in [6.45, 7) is 9.04. The summed E-state index contributed by atoms with van der Waals surface area (Å²) >= 11 is 0. The zero-order valence-corrected chi connectivity index (χ0v) is 18.6. The van der Waals surface area contributed by atoms with E-state index in [2.05, 4.69) is 18.7 Å². The number of benzene rings is 1. The van der Waals surface area contributed by atoms with E-state index < -0.39 is 23.5 Å². The molecule has 0 bridgehead atoms. The standard InChI is InChI=1S/C24H30N2O5/c1-5-25(6-2)14-7-15-26-21(17-9-11-18(30-4)12-10-17)20(23(28)24(26)29)22(27)19-13-8-16(3)31-19/h8-13,21,28H,5-7,14-15H2,1-4H3/t21-/m0/s1. The van der Waals surface area contributed by atoms with Crippen LogP contribution >= 0.6 is 0 Å². The highest BCUT2D eigenvalue weighted by Crippen LogP contribution is 2.39. The van der Waals surface area contributed by atoms with Gasteiger partial charge in [0, 0.05) is 6.54 Å². The van der Waals surface area contributed by atoms with E-state index in [1.165, 1.54) is 0 Å². The molecule has 7 nitrogen and oxygen atoms in total. The Hall–Kier alpha value is -3.06. The fourth-order valence-corrected chi connectivity index (χ4v) is 3.94. The van der Waals surface area contributed by atoms with Crippen LogP contribution in [-0.2, 0) is 4.79 Å². The van der Waals surface area contributed by atoms with Gasteiger partial charge in [-0.15, -0.1) is 0 Å². The highest BCUT2D eigenvalue weighted by atomic mass is 16.5. The summed E-state index contributed by atoms with van der Waals surface area (Å²) in [4.78, 5) is 30.0. The summed E-state index contributed by atoms with van der Waals surface area (Å²) in [5.41, 5.74) is 0.778. The molecule has 0 spiro atoms. The largest absolute Gasteiger partial charge is 0.503 e. The first-order chi connectivity index (χ1) is 14.9. The lowest BCUT2D eigenvalue weighted by Crippen LogP contribution is -2.34. The third kappa shape index (κ3) is 4.66. The molecule has 3 rings (SSSR count). The summed E-state index contributed by atoms with van der Waals surface area (Å²) in [6, 6.07) is 9.75. The molecule has 0 unspecified atom stereocenters. The minimum absolute atomic E-state index is 0.0485. The number of furan rings is 1. The molecule has 1 aromatic carbocycles. The van der Waals surface area contributed by atoms with Crippen LogP contribution in [0.15, 0.2) is 52.1 Å². The number of hydrogen-bond acceptors (Lipinski definition) is 6. The molecule has 2 aromatic rings. The number of methoxy groups -OCH3 is 1. The molecular weight excluding hydrogens is 396 g/mol. The van der Waals surface area contributed by atoms with E-state index in [1.807, 2.05) is 12.1 Å². The second-order valence-corrected chi connectivity index (χ2v) is 7.56. The number of aliphatic hydroxyl groups excluding tert-OH is 1. The third-order valence-corrected chi connectivity index (χ3v) is 5.71. The Morgan fingerprint density at radius 3 is 2.39 bits per heavy atom. The van der Waals surface area contributed by atoms with Gasteiger partial charge in [-0.25, -0.2) is 0 Å². The molecule has 2 heterocycles. The average molecular weight is 427 g/mol. The maximum Gasteiger partial charge on any atom is 0.290 e. The van der Waals surface area contributed by atoms with Crippen LogP contribution in [0.2, 0.25) is 0 Å². The smallest absolute Gasteiger partial charge is 0.290 e. The van der Waals surface area contributed by atoms with Crippen molar-refractivity contribution >= 4 is 11.7 Å². The molecule has 1 aliphatic heterocycles. The zero-order valence-electron chi connectivity index (χ0n) is 18.6. The Morgan fingerprint density at radius 1 is 1.16 bits per heavy atom. The molecule has 1 aliphatic rings. The van der Waals surface area contributed by atoms with Crippen molar-refractivity contribution in [3.8, 4) is 5.75 Å². The van der Waals surface area contributed by atoms with Crippen molar-refractivity contribution in [3.63, 3.8) is 0 Å². The van der Waals surface area contributed by atoms with Crippen LogP contribution in [0.1, 0.15) is 48.2 Å². The van der Waals surface area contributed by atoms with E-state index in [0.29, 0.717) is 18.1 Å². The first kappa shape index (κ1) is 22.6. The normalized spacial score (nSPS) is 16.5. The van der Waals surface area contributed by atoms with Crippen LogP contribution in [0.4, 0.5) is 0 Å². The molecule has 0 fully saturated rings. The maximum atomic E-state index is 13.2. The molecule has 1 amide bonds. The highest BCUT2D eigenvalue weighted by molar-refractivity contribution is 6.15. The Morgan fingerprint density at radius 2 is 1.84 bits per heavy atom. The fourth-order valence-electron chi connectivity index (χ4n) is 3.94. The van der Waals surface area contributed by atoms with Crippen LogP contribution in [-0.4, -0.2) is 59.9 Å². The molecule has 1 atom stereocenters. The van der Waals surface area contributed by atoms with Gasteiger partial charge in [0.05, 0.1) is 18.7 Å². The Balaban J connectivity index is 1.94. The third-order valence-electron chi connectivity index (χ3n) is 5.71. The van der Waals surface area contributed by atoms with Crippen molar-refractivity contribution < 1.29 is 23.8 Å². The molecule has 1 N–H and O–H groups in total. The number of carbonyl (C=O) groups excluding carboxylic acids is 2. The number of carbonyl (C=O) groups is 2. The molecule has 0 radical (unpaired) electrons. The lowest BCUT2D eigenvalue weighted by atomic mass is 9.95. The van der Waals surface area contributed by atoms with Gasteiger partial charge < -0.3 is 24.1 Å². The van der Waals surface area contributed by atoms with Crippen molar-refractivity contribution in [1.82, 2.24) is 9.80 Å². The van der Waals surface area contributed by atoms with Crippen molar-refractivity contribution in [2.45, 2.75) is 33.2 Å². The van der Waals surface area contributed by atoms with Crippen LogP contribution < -0.4 is 4.74 Å². The second-order valence-electron chi connectivity index (χ2n) is 7.56. The maximum absolute atomic E-state index is 13.2. The molecule has 166 valence electrons. The fraction of sp³-hybridized carbons (Fsp3) is 0.417. The number of aliphatic hydroxyl groups is 1. The van der Waals surface area contributed by atoms with E-state index in [-0.39, 0.29) is 11.3 Å². The minimum Gasteiger partial charge on any atom is -0.503 e. The first-order valence-electron chi connectivity index (χ1n) is 10.6. The van der Waals surface area contributed by atoms with Gasteiger partial charge in [0.15, 0.2) is 11.5 Å². The van der Waals surface area contributed by atoms with Gasteiger partial charge in [-0.05, 0) is 62.8 Å². The number of ketones is 1. The number of rotatable bonds is 10. The van der Waals surface area contributed by atoms with Crippen molar-refractivity contribution in [2.24, 2.45) is 0 Å². The highest BCUT2D eigenvalue weighted by Gasteiger charge is 2.44. The number of ether oxygens (including phenoxy) is 1. The summed E-state index contributed by atoms with van der Waals surface area (Å²) in [5, 5.41) is 10.7. The van der Waals surface area contributed by atoms with E-state index >= 15 is 0 Å². The molecule has 0 saturated heterocycles. The second kappa shape index (κ2) is 9.83. The monoisotopic (exact) mass is 426 g/mol. The summed E-state index contributed by atoms with van der Waals surface area (Å²) in [6.07, 6.45) is 0.731. The van der Waals surface area contributed by atoms with Crippen LogP contribution in [0.5, 0.6) is 5.75 Å². The number of amides is 1. The predicted octanol–water partition coefficient (Wildman–Crippen LogP) is 3.91. The number of Topliss-reactive ketones (excluding diaryl/α,β-unsaturated/α-hetero) is 1. The zero-order chi connectivity index (χ0) is 22.5.